The molecule has 422 valence electrons. The summed E-state index contributed by atoms with van der Waals surface area (Å²) in [5, 5.41) is 0.827. The number of hydrogen-bond donors (Lipinski definition) is 0. The summed E-state index contributed by atoms with van der Waals surface area (Å²) in [5.41, 5.74) is -1.83. The monoisotopic (exact) mass is 1230 g/mol. The molecule has 0 bridgehead atoms. The van der Waals surface area contributed by atoms with Crippen molar-refractivity contribution in [2.75, 3.05) is 13.1 Å². The molecule has 2 atom stereocenters. The summed E-state index contributed by atoms with van der Waals surface area (Å²) in [5.74, 6) is -6.46. The first-order valence-electron chi connectivity index (χ1n) is 26.4. The summed E-state index contributed by atoms with van der Waals surface area (Å²) in [6.45, 7) is 3.32. The number of thiophene rings is 2. The minimum atomic E-state index is -2.61. The molecule has 0 spiro atoms. The molecule has 22 heteroatoms. The van der Waals surface area contributed by atoms with E-state index in [-0.39, 0.29) is 71.0 Å². The lowest BCUT2D eigenvalue weighted by Gasteiger charge is -2.42. The SMILES string of the molecule is CCN1C(=O)C(=Nc2cc3c(s2)C2=CC4C=C5C(=CC4C=C2C(C(=O)OCc2ccccc2)(C(=O)OCc2ccccc2)O3)c2sc(N=C3SC(=S)N(CC)C3=O)cc2OC5(C(=O)OCc2ccccc2)C(=O)OCc2ccccc2)SC1=S. The summed E-state index contributed by atoms with van der Waals surface area (Å²) in [6.07, 6.45) is 7.11. The Labute approximate surface area is 508 Å². The predicted octanol–water partition coefficient (Wildman–Crippen LogP) is 11.4. The van der Waals surface area contributed by atoms with Gasteiger partial charge in [0.1, 0.15) is 56.6 Å². The average molecular weight is 1230 g/mol. The van der Waals surface area contributed by atoms with Crippen LogP contribution >= 0.6 is 70.6 Å². The van der Waals surface area contributed by atoms with Gasteiger partial charge in [0, 0.05) is 59.4 Å². The fourth-order valence-corrected chi connectivity index (χ4v) is 14.9. The third-order valence-electron chi connectivity index (χ3n) is 14.3. The molecule has 0 saturated carbocycles. The van der Waals surface area contributed by atoms with Gasteiger partial charge >= 0.3 is 35.1 Å². The van der Waals surface area contributed by atoms with Crippen LogP contribution in [0.4, 0.5) is 10.0 Å². The summed E-state index contributed by atoms with van der Waals surface area (Å²) < 4.78 is 38.7. The normalized spacial score (nSPS) is 19.7. The highest BCUT2D eigenvalue weighted by atomic mass is 32.2. The zero-order valence-electron chi connectivity index (χ0n) is 44.5. The number of esters is 4. The van der Waals surface area contributed by atoms with Crippen LogP contribution in [0.15, 0.2) is 179 Å². The quantitative estimate of drug-likeness (QED) is 0.0385. The number of thioether (sulfide) groups is 2. The van der Waals surface area contributed by atoms with Crippen molar-refractivity contribution in [2.24, 2.45) is 21.8 Å². The number of ether oxygens (including phenoxy) is 6. The van der Waals surface area contributed by atoms with Crippen LogP contribution in [0.2, 0.25) is 0 Å². The minimum absolute atomic E-state index is 0.0583. The summed E-state index contributed by atoms with van der Waals surface area (Å²) in [4.78, 5) is 102. The molecule has 6 aromatic rings. The zero-order valence-corrected chi connectivity index (χ0v) is 49.4. The van der Waals surface area contributed by atoms with E-state index in [4.69, 9.17) is 62.8 Å². The molecule has 16 nitrogen and oxygen atoms in total. The fraction of sp³-hybridized carbons (Fsp3) is 0.194. The first-order valence-corrected chi connectivity index (χ1v) is 30.5. The number of nitrogens with zero attached hydrogens (tertiary/aromatic N) is 4. The van der Waals surface area contributed by atoms with Gasteiger partial charge in [0.05, 0.1) is 9.75 Å². The van der Waals surface area contributed by atoms with Gasteiger partial charge in [0.25, 0.3) is 11.8 Å². The van der Waals surface area contributed by atoms with Crippen molar-refractivity contribution in [2.45, 2.75) is 51.5 Å². The second kappa shape index (κ2) is 23.5. The van der Waals surface area contributed by atoms with E-state index in [1.165, 1.54) is 9.80 Å². The number of rotatable bonds is 16. The van der Waals surface area contributed by atoms with E-state index in [1.54, 1.807) is 135 Å². The molecular weight excluding hydrogens is 1190 g/mol. The van der Waals surface area contributed by atoms with Gasteiger partial charge in [-0.05, 0) is 59.6 Å². The van der Waals surface area contributed by atoms with Crippen LogP contribution in [-0.2, 0) is 74.1 Å². The Morgan fingerprint density at radius 2 is 0.810 bits per heavy atom. The maximum atomic E-state index is 15.4. The Morgan fingerprint density at radius 1 is 0.500 bits per heavy atom. The molecule has 4 aromatic carbocycles. The van der Waals surface area contributed by atoms with Gasteiger partial charge < -0.3 is 28.4 Å². The Bertz CT molecular complexity index is 3560. The number of benzene rings is 4. The van der Waals surface area contributed by atoms with Gasteiger partial charge in [-0.3, -0.25) is 19.4 Å². The highest BCUT2D eigenvalue weighted by Crippen LogP contribution is 2.59. The molecule has 0 N–H and O–H groups in total. The minimum Gasteiger partial charge on any atom is -0.458 e. The molecular formula is C62H46N4O12S6. The van der Waals surface area contributed by atoms with Crippen LogP contribution < -0.4 is 9.47 Å². The van der Waals surface area contributed by atoms with Crippen molar-refractivity contribution in [1.29, 1.82) is 0 Å². The number of amides is 2. The molecule has 0 radical (unpaired) electrons. The first-order chi connectivity index (χ1) is 40.8. The van der Waals surface area contributed by atoms with Crippen molar-refractivity contribution in [3.8, 4) is 11.5 Å². The third-order valence-corrected chi connectivity index (χ3v) is 19.1. The number of aliphatic imine (C=N–C) groups is 2. The fourth-order valence-electron chi connectivity index (χ4n) is 10.2. The highest BCUT2D eigenvalue weighted by Gasteiger charge is 2.63. The smallest absolute Gasteiger partial charge is 0.367 e. The summed E-state index contributed by atoms with van der Waals surface area (Å²) in [7, 11) is 0. The third kappa shape index (κ3) is 10.4. The van der Waals surface area contributed by atoms with Crippen LogP contribution in [0.25, 0.3) is 11.1 Å². The van der Waals surface area contributed by atoms with E-state index in [0.29, 0.717) is 74.9 Å². The summed E-state index contributed by atoms with van der Waals surface area (Å²) in [6, 6.07) is 38.9. The van der Waals surface area contributed by atoms with Gasteiger partial charge in [-0.15, -0.1) is 22.7 Å². The standard InChI is InChI=1S/C62H46N4O12S6/c1-3-65-53(67)51(83-59(65)79)63-47-29-45-49(81-47)41-25-39-28-44-42(26-40(39)27-43(41)61(77-45,55(69)73-31-35-17-9-5-10-18-35)56(70)74-32-36-19-11-6-12-20-36)50-46(30-48(82-50)64-52-54(68)66(4-2)60(80)84-52)78-62(44,57(71)75-33-37-21-13-7-14-22-37)58(72)76-34-38-23-15-8-16-24-38/h5-30,39-40H,3-4,31-34H2,1-2H3. The van der Waals surface area contributed by atoms with Gasteiger partial charge in [-0.2, -0.15) is 0 Å². The molecule has 6 aliphatic rings. The van der Waals surface area contributed by atoms with E-state index in [2.05, 4.69) is 0 Å². The lowest BCUT2D eigenvalue weighted by Crippen LogP contribution is -2.58. The number of carbonyl (C=O) groups excluding carboxylic acids is 6. The van der Waals surface area contributed by atoms with Gasteiger partial charge in [-0.1, -0.05) is 170 Å². The van der Waals surface area contributed by atoms with Crippen LogP contribution in [0, 0.1) is 11.8 Å². The lowest BCUT2D eigenvalue weighted by atomic mass is 9.68. The maximum absolute atomic E-state index is 15.4. The van der Waals surface area contributed by atoms with Crippen LogP contribution in [-0.4, -0.2) is 88.5 Å². The molecule has 2 amide bonds. The Kier molecular flexibility index (Phi) is 15.8. The van der Waals surface area contributed by atoms with Crippen molar-refractivity contribution in [3.05, 3.63) is 201 Å². The van der Waals surface area contributed by atoms with E-state index < -0.39 is 46.9 Å². The second-order valence-electron chi connectivity index (χ2n) is 19.5. The maximum Gasteiger partial charge on any atom is 0.367 e. The Morgan fingerprint density at radius 3 is 1.10 bits per heavy atom. The van der Waals surface area contributed by atoms with Gasteiger partial charge in [-0.25, -0.2) is 29.2 Å². The molecule has 6 heterocycles. The molecule has 84 heavy (non-hydrogen) atoms. The molecule has 2 aromatic heterocycles. The second-order valence-corrected chi connectivity index (χ2v) is 24.8. The van der Waals surface area contributed by atoms with Crippen LogP contribution in [0.5, 0.6) is 11.5 Å². The molecule has 2 aliphatic carbocycles. The highest BCUT2D eigenvalue weighted by molar-refractivity contribution is 8.35. The molecule has 12 rings (SSSR count). The van der Waals surface area contributed by atoms with Crippen molar-refractivity contribution < 1.29 is 57.2 Å². The van der Waals surface area contributed by atoms with E-state index in [0.717, 1.165) is 46.2 Å². The van der Waals surface area contributed by atoms with E-state index >= 15 is 19.2 Å². The van der Waals surface area contributed by atoms with Crippen LogP contribution in [0.1, 0.15) is 45.9 Å². The first kappa shape index (κ1) is 56.4. The van der Waals surface area contributed by atoms with Gasteiger partial charge in [0.2, 0.25) is 0 Å². The van der Waals surface area contributed by atoms with Crippen LogP contribution in [0.3, 0.4) is 0 Å². The Hall–Kier alpha value is -8.12. The zero-order chi connectivity index (χ0) is 58.3. The number of fused-ring (bicyclic) bond motifs is 7. The summed E-state index contributed by atoms with van der Waals surface area (Å²) >= 11 is 15.4. The van der Waals surface area contributed by atoms with Crippen molar-refractivity contribution >= 4 is 146 Å². The largest absolute Gasteiger partial charge is 0.458 e. The Balaban J connectivity index is 1.04. The van der Waals surface area contributed by atoms with E-state index in [9.17, 15) is 9.59 Å². The topological polar surface area (TPSA) is 189 Å². The van der Waals surface area contributed by atoms with Crippen molar-refractivity contribution in [3.63, 3.8) is 0 Å². The molecule has 2 saturated heterocycles. The van der Waals surface area contributed by atoms with Gasteiger partial charge in [0.15, 0.2) is 10.1 Å². The lowest BCUT2D eigenvalue weighted by molar-refractivity contribution is -0.179. The number of allylic oxidation sites excluding steroid dienone is 4. The predicted molar refractivity (Wildman–Crippen MR) is 329 cm³/mol. The average Bonchev–Trinajstić information content (AvgIpc) is 1.26. The molecule has 2 unspecified atom stereocenters. The number of carbonyl (C=O) groups is 6. The molecule has 2 fully saturated rings. The molecule has 4 aliphatic heterocycles. The number of hydrogen-bond acceptors (Lipinski definition) is 20. The van der Waals surface area contributed by atoms with E-state index in [1.807, 2.05) is 36.4 Å². The number of thiocarbonyl (C=S) groups is 2. The van der Waals surface area contributed by atoms with Crippen molar-refractivity contribution in [1.82, 2.24) is 9.80 Å².